The van der Waals surface area contributed by atoms with E-state index in [4.69, 9.17) is 0 Å². The molecule has 4 heteroatoms. The fraction of sp³-hybridized carbons (Fsp3) is 0.222. The zero-order valence-electron chi connectivity index (χ0n) is 12.5. The zero-order chi connectivity index (χ0) is 15.5. The van der Waals surface area contributed by atoms with Gasteiger partial charge in [0.15, 0.2) is 0 Å². The maximum Gasteiger partial charge on any atom is 0.256 e. The van der Waals surface area contributed by atoms with Gasteiger partial charge in [0.1, 0.15) is 6.04 Å². The van der Waals surface area contributed by atoms with Crippen molar-refractivity contribution in [2.75, 3.05) is 10.2 Å². The zero-order valence-corrected chi connectivity index (χ0v) is 12.5. The second-order valence-electron chi connectivity index (χ2n) is 5.35. The number of hydrogen-bond acceptors (Lipinski definition) is 3. The molecule has 2 aromatic rings. The summed E-state index contributed by atoms with van der Waals surface area (Å²) in [6.45, 7) is 2.07. The van der Waals surface area contributed by atoms with Gasteiger partial charge in [-0.15, -0.1) is 0 Å². The highest BCUT2D eigenvalue weighted by molar-refractivity contribution is 6.23. The molecule has 1 fully saturated rings. The molecule has 1 heterocycles. The maximum absolute atomic E-state index is 12.5. The Bertz CT molecular complexity index is 680. The molecule has 0 aliphatic carbocycles. The van der Waals surface area contributed by atoms with Crippen LogP contribution in [0.4, 0.5) is 11.4 Å². The summed E-state index contributed by atoms with van der Waals surface area (Å²) in [4.78, 5) is 26.0. The molecule has 2 aromatic carbocycles. The van der Waals surface area contributed by atoms with Crippen molar-refractivity contribution in [3.8, 4) is 0 Å². The molecule has 0 unspecified atom stereocenters. The first-order valence-corrected chi connectivity index (χ1v) is 7.46. The van der Waals surface area contributed by atoms with Crippen LogP contribution in [0.5, 0.6) is 0 Å². The summed E-state index contributed by atoms with van der Waals surface area (Å²) in [7, 11) is 0. The predicted molar refractivity (Wildman–Crippen MR) is 86.8 cm³/mol. The smallest absolute Gasteiger partial charge is 0.256 e. The maximum atomic E-state index is 12.5. The molecule has 1 atom stereocenters. The fourth-order valence-electron chi connectivity index (χ4n) is 2.63. The molecule has 2 amide bonds. The molecular weight excluding hydrogens is 276 g/mol. The number of nitrogens with one attached hydrogen (secondary N) is 1. The number of carbonyl (C=O) groups is 2. The molecule has 1 aliphatic rings. The van der Waals surface area contributed by atoms with Crippen LogP contribution in [0.15, 0.2) is 54.6 Å². The molecule has 112 valence electrons. The lowest BCUT2D eigenvalue weighted by atomic mass is 10.1. The minimum Gasteiger partial charge on any atom is -0.373 e. The third-order valence-electron chi connectivity index (χ3n) is 3.86. The molecule has 0 spiro atoms. The molecule has 22 heavy (non-hydrogen) atoms. The van der Waals surface area contributed by atoms with E-state index in [0.717, 1.165) is 12.1 Å². The summed E-state index contributed by atoms with van der Waals surface area (Å²) in [6.07, 6.45) is 1.11. The topological polar surface area (TPSA) is 49.4 Å². The molecule has 1 saturated heterocycles. The van der Waals surface area contributed by atoms with Crippen LogP contribution in [0, 0.1) is 0 Å². The van der Waals surface area contributed by atoms with Gasteiger partial charge >= 0.3 is 0 Å². The van der Waals surface area contributed by atoms with Gasteiger partial charge in [-0.05, 0) is 36.2 Å². The Kier molecular flexibility index (Phi) is 3.92. The van der Waals surface area contributed by atoms with Crippen LogP contribution in [0.3, 0.4) is 0 Å². The number of hydrogen-bond donors (Lipinski definition) is 1. The third kappa shape index (κ3) is 2.72. The lowest BCUT2D eigenvalue weighted by Crippen LogP contribution is -2.34. The number of amides is 2. The van der Waals surface area contributed by atoms with Gasteiger partial charge in [0, 0.05) is 5.69 Å². The van der Waals surface area contributed by atoms with Gasteiger partial charge in [-0.25, -0.2) is 4.90 Å². The van der Waals surface area contributed by atoms with Crippen molar-refractivity contribution in [3.63, 3.8) is 0 Å². The quantitative estimate of drug-likeness (QED) is 0.882. The minimum atomic E-state index is -0.499. The van der Waals surface area contributed by atoms with Gasteiger partial charge < -0.3 is 5.32 Å². The molecule has 1 aliphatic heterocycles. The van der Waals surface area contributed by atoms with E-state index in [1.54, 1.807) is 0 Å². The van der Waals surface area contributed by atoms with Crippen LogP contribution in [-0.2, 0) is 16.0 Å². The summed E-state index contributed by atoms with van der Waals surface area (Å²) in [5.41, 5.74) is 2.67. The predicted octanol–water partition coefficient (Wildman–Crippen LogP) is 2.99. The normalized spacial score (nSPS) is 17.9. The van der Waals surface area contributed by atoms with E-state index >= 15 is 0 Å². The van der Waals surface area contributed by atoms with E-state index in [-0.39, 0.29) is 18.2 Å². The number of benzene rings is 2. The second kappa shape index (κ2) is 6.02. The Balaban J connectivity index is 1.79. The van der Waals surface area contributed by atoms with Crippen LogP contribution in [0.25, 0.3) is 0 Å². The van der Waals surface area contributed by atoms with Crippen molar-refractivity contribution in [1.29, 1.82) is 0 Å². The number of carbonyl (C=O) groups excluding carboxylic acids is 2. The van der Waals surface area contributed by atoms with E-state index in [2.05, 4.69) is 12.2 Å². The standard InChI is InChI=1S/C18H18N2O2/c1-2-13-8-10-15(11-9-13)20-17(21)12-16(18(20)22)19-14-6-4-3-5-7-14/h3-11,16,19H,2,12H2,1H3/t16-/m1/s1. The summed E-state index contributed by atoms with van der Waals surface area (Å²) in [6, 6.07) is 16.5. The molecule has 0 radical (unpaired) electrons. The van der Waals surface area contributed by atoms with Crippen LogP contribution in [0.1, 0.15) is 18.9 Å². The summed E-state index contributed by atoms with van der Waals surface area (Å²) in [5.74, 6) is -0.360. The van der Waals surface area contributed by atoms with Crippen molar-refractivity contribution < 1.29 is 9.59 Å². The number of aryl methyl sites for hydroxylation is 1. The van der Waals surface area contributed by atoms with E-state index in [0.29, 0.717) is 5.69 Å². The molecule has 4 nitrogen and oxygen atoms in total. The molecule has 3 rings (SSSR count). The highest BCUT2D eigenvalue weighted by atomic mass is 16.2. The largest absolute Gasteiger partial charge is 0.373 e. The van der Waals surface area contributed by atoms with E-state index < -0.39 is 6.04 Å². The SMILES string of the molecule is CCc1ccc(N2C(=O)C[C@@H](Nc3ccccc3)C2=O)cc1. The summed E-state index contributed by atoms with van der Waals surface area (Å²) < 4.78 is 0. The van der Waals surface area contributed by atoms with Crippen molar-refractivity contribution in [2.24, 2.45) is 0 Å². The second-order valence-corrected chi connectivity index (χ2v) is 5.35. The van der Waals surface area contributed by atoms with E-state index in [1.165, 1.54) is 10.5 Å². The van der Waals surface area contributed by atoms with Crippen LogP contribution in [-0.4, -0.2) is 17.9 Å². The van der Waals surface area contributed by atoms with Gasteiger partial charge in [0.2, 0.25) is 5.91 Å². The number of rotatable bonds is 4. The first-order valence-electron chi connectivity index (χ1n) is 7.46. The number of para-hydroxylation sites is 1. The van der Waals surface area contributed by atoms with E-state index in [1.807, 2.05) is 54.6 Å². The van der Waals surface area contributed by atoms with Crippen molar-refractivity contribution in [1.82, 2.24) is 0 Å². The van der Waals surface area contributed by atoms with Crippen molar-refractivity contribution in [2.45, 2.75) is 25.8 Å². The Morgan fingerprint density at radius 2 is 1.73 bits per heavy atom. The molecule has 0 aromatic heterocycles. The van der Waals surface area contributed by atoms with E-state index in [9.17, 15) is 9.59 Å². The molecule has 0 bridgehead atoms. The number of imide groups is 1. The van der Waals surface area contributed by atoms with Crippen molar-refractivity contribution >= 4 is 23.2 Å². The number of anilines is 2. The first kappa shape index (κ1) is 14.3. The average Bonchev–Trinajstić information content (AvgIpc) is 2.82. The van der Waals surface area contributed by atoms with Gasteiger partial charge in [0.05, 0.1) is 12.1 Å². The third-order valence-corrected chi connectivity index (χ3v) is 3.86. The van der Waals surface area contributed by atoms with Crippen LogP contribution < -0.4 is 10.2 Å². The Labute approximate surface area is 129 Å². The summed E-state index contributed by atoms with van der Waals surface area (Å²) >= 11 is 0. The van der Waals surface area contributed by atoms with Crippen LogP contribution >= 0.6 is 0 Å². The number of nitrogens with zero attached hydrogens (tertiary/aromatic N) is 1. The lowest BCUT2D eigenvalue weighted by Gasteiger charge is -2.16. The lowest BCUT2D eigenvalue weighted by molar-refractivity contribution is -0.121. The van der Waals surface area contributed by atoms with Gasteiger partial charge in [-0.3, -0.25) is 9.59 Å². The Morgan fingerprint density at radius 1 is 1.05 bits per heavy atom. The van der Waals surface area contributed by atoms with Gasteiger partial charge in [0.25, 0.3) is 5.91 Å². The van der Waals surface area contributed by atoms with Gasteiger partial charge in [-0.1, -0.05) is 37.3 Å². The van der Waals surface area contributed by atoms with Gasteiger partial charge in [-0.2, -0.15) is 0 Å². The Morgan fingerprint density at radius 3 is 2.36 bits per heavy atom. The highest BCUT2D eigenvalue weighted by Crippen LogP contribution is 2.25. The summed E-state index contributed by atoms with van der Waals surface area (Å²) in [5, 5.41) is 3.13. The average molecular weight is 294 g/mol. The molecule has 1 N–H and O–H groups in total. The minimum absolute atomic E-state index is 0.164. The monoisotopic (exact) mass is 294 g/mol. The fourth-order valence-corrected chi connectivity index (χ4v) is 2.63. The Hall–Kier alpha value is -2.62. The van der Waals surface area contributed by atoms with Crippen molar-refractivity contribution in [3.05, 3.63) is 60.2 Å². The first-order chi connectivity index (χ1) is 10.7. The highest BCUT2D eigenvalue weighted by Gasteiger charge is 2.39. The molecule has 0 saturated carbocycles. The van der Waals surface area contributed by atoms with Crippen LogP contribution in [0.2, 0.25) is 0 Å². The molecular formula is C18H18N2O2.